The molecule has 0 saturated heterocycles. The van der Waals surface area contributed by atoms with Gasteiger partial charge in [0.15, 0.2) is 0 Å². The van der Waals surface area contributed by atoms with Crippen molar-refractivity contribution in [3.63, 3.8) is 0 Å². The predicted octanol–water partition coefficient (Wildman–Crippen LogP) is 3.82. The molecule has 0 aliphatic carbocycles. The molecule has 0 spiro atoms. The van der Waals surface area contributed by atoms with Crippen molar-refractivity contribution < 1.29 is 13.2 Å². The van der Waals surface area contributed by atoms with Crippen molar-refractivity contribution in [2.75, 3.05) is 0 Å². The lowest BCUT2D eigenvalue weighted by atomic mass is 9.99. The number of allylic oxidation sites excluding steroid dienone is 1. The van der Waals surface area contributed by atoms with E-state index in [9.17, 15) is 13.2 Å². The molecule has 0 bridgehead atoms. The Morgan fingerprint density at radius 1 is 1.22 bits per heavy atom. The minimum atomic E-state index is -4.52. The minimum absolute atomic E-state index is 0.00801. The Labute approximate surface area is 104 Å². The number of aliphatic imine (C=N–C) groups is 1. The van der Waals surface area contributed by atoms with Crippen molar-refractivity contribution in [2.24, 2.45) is 16.6 Å². The third-order valence-corrected chi connectivity index (χ3v) is 2.34. The second-order valence-electron chi connectivity index (χ2n) is 4.07. The Balaban J connectivity index is 3.28. The largest absolute Gasteiger partial charge is 0.433 e. The van der Waals surface area contributed by atoms with E-state index < -0.39 is 11.9 Å². The summed E-state index contributed by atoms with van der Waals surface area (Å²) in [4.78, 5) is 3.67. The third kappa shape index (κ3) is 3.61. The quantitative estimate of drug-likeness (QED) is 0.820. The standard InChI is InChI=1S/C13H15F3N2/c1-9(2)11(8-17)12(13(14,15)16)18-10-6-4-3-5-7-10/h3-9H,17H2,1-2H3/b11-8-,18-12?. The molecule has 1 aromatic rings. The van der Waals surface area contributed by atoms with Crippen molar-refractivity contribution in [1.29, 1.82) is 0 Å². The maximum Gasteiger partial charge on any atom is 0.433 e. The Kier molecular flexibility index (Phi) is 4.53. The topological polar surface area (TPSA) is 38.4 Å². The monoisotopic (exact) mass is 256 g/mol. The number of hydrogen-bond donors (Lipinski definition) is 1. The summed E-state index contributed by atoms with van der Waals surface area (Å²) in [5.74, 6) is -0.348. The molecule has 0 aromatic heterocycles. The molecule has 2 N–H and O–H groups in total. The molecule has 0 aliphatic rings. The fraction of sp³-hybridized carbons (Fsp3) is 0.308. The van der Waals surface area contributed by atoms with Gasteiger partial charge in [-0.25, -0.2) is 4.99 Å². The number of benzene rings is 1. The van der Waals surface area contributed by atoms with Crippen molar-refractivity contribution in [3.8, 4) is 0 Å². The number of para-hydroxylation sites is 1. The van der Waals surface area contributed by atoms with Gasteiger partial charge in [0.05, 0.1) is 5.69 Å². The molecule has 5 heteroatoms. The van der Waals surface area contributed by atoms with E-state index in [0.29, 0.717) is 0 Å². The first-order valence-corrected chi connectivity index (χ1v) is 5.49. The molecule has 98 valence electrons. The molecule has 1 aromatic carbocycles. The van der Waals surface area contributed by atoms with E-state index in [2.05, 4.69) is 4.99 Å². The van der Waals surface area contributed by atoms with E-state index in [0.717, 1.165) is 6.20 Å². The molecule has 0 saturated carbocycles. The number of alkyl halides is 3. The van der Waals surface area contributed by atoms with Gasteiger partial charge in [0.25, 0.3) is 0 Å². The molecule has 0 fully saturated rings. The second kappa shape index (κ2) is 5.71. The van der Waals surface area contributed by atoms with Crippen LogP contribution in [0.4, 0.5) is 18.9 Å². The van der Waals surface area contributed by atoms with Crippen LogP contribution in [0.15, 0.2) is 47.1 Å². The maximum absolute atomic E-state index is 13.0. The van der Waals surface area contributed by atoms with Gasteiger partial charge in [0, 0.05) is 5.57 Å². The molecule has 0 radical (unpaired) electrons. The molecule has 0 aliphatic heterocycles. The normalized spacial score (nSPS) is 14.1. The van der Waals surface area contributed by atoms with Crippen LogP contribution in [0.3, 0.4) is 0 Å². The van der Waals surface area contributed by atoms with Crippen LogP contribution in [0.2, 0.25) is 0 Å². The SMILES string of the molecule is CC(C)/C(=C/N)C(=Nc1ccccc1)C(F)(F)F. The highest BCUT2D eigenvalue weighted by molar-refractivity contribution is 6.05. The van der Waals surface area contributed by atoms with Crippen molar-refractivity contribution in [2.45, 2.75) is 20.0 Å². The highest BCUT2D eigenvalue weighted by atomic mass is 19.4. The number of halogens is 3. The third-order valence-electron chi connectivity index (χ3n) is 2.34. The number of nitrogens with two attached hydrogens (primary N) is 1. The molecule has 0 amide bonds. The van der Waals surface area contributed by atoms with E-state index in [1.165, 1.54) is 12.1 Å². The van der Waals surface area contributed by atoms with Gasteiger partial charge in [0.2, 0.25) is 0 Å². The molecule has 1 rings (SSSR count). The lowest BCUT2D eigenvalue weighted by molar-refractivity contribution is -0.0585. The molecular weight excluding hydrogens is 241 g/mol. The summed E-state index contributed by atoms with van der Waals surface area (Å²) in [7, 11) is 0. The van der Waals surface area contributed by atoms with E-state index in [1.54, 1.807) is 32.0 Å². The summed E-state index contributed by atoms with van der Waals surface area (Å²) < 4.78 is 38.9. The van der Waals surface area contributed by atoms with Crippen LogP contribution < -0.4 is 5.73 Å². The van der Waals surface area contributed by atoms with Crippen molar-refractivity contribution in [3.05, 3.63) is 42.1 Å². The van der Waals surface area contributed by atoms with Gasteiger partial charge in [-0.2, -0.15) is 13.2 Å². The number of nitrogens with zero attached hydrogens (tertiary/aromatic N) is 1. The molecule has 0 heterocycles. The van der Waals surface area contributed by atoms with Crippen LogP contribution in [-0.4, -0.2) is 11.9 Å². The summed E-state index contributed by atoms with van der Waals surface area (Å²) in [6.45, 7) is 3.29. The van der Waals surface area contributed by atoms with Crippen molar-refractivity contribution >= 4 is 11.4 Å². The highest BCUT2D eigenvalue weighted by Gasteiger charge is 2.38. The summed E-state index contributed by atoms with van der Waals surface area (Å²) >= 11 is 0. The molecule has 18 heavy (non-hydrogen) atoms. The molecule has 0 atom stereocenters. The average molecular weight is 256 g/mol. The molecule has 2 nitrogen and oxygen atoms in total. The summed E-state index contributed by atoms with van der Waals surface area (Å²) in [6, 6.07) is 8.01. The van der Waals surface area contributed by atoms with Crippen LogP contribution in [0.5, 0.6) is 0 Å². The fourth-order valence-corrected chi connectivity index (χ4v) is 1.47. The second-order valence-corrected chi connectivity index (χ2v) is 4.07. The Hall–Kier alpha value is -1.78. The highest BCUT2D eigenvalue weighted by Crippen LogP contribution is 2.28. The van der Waals surface area contributed by atoms with Gasteiger partial charge < -0.3 is 5.73 Å². The van der Waals surface area contributed by atoms with Gasteiger partial charge in [-0.3, -0.25) is 0 Å². The van der Waals surface area contributed by atoms with Gasteiger partial charge >= 0.3 is 6.18 Å². The molecular formula is C13H15F3N2. The van der Waals surface area contributed by atoms with Gasteiger partial charge in [-0.1, -0.05) is 32.0 Å². The maximum atomic E-state index is 13.0. The van der Waals surface area contributed by atoms with Crippen LogP contribution in [0, 0.1) is 5.92 Å². The van der Waals surface area contributed by atoms with E-state index in [4.69, 9.17) is 5.73 Å². The van der Waals surface area contributed by atoms with Crippen LogP contribution in [-0.2, 0) is 0 Å². The first kappa shape index (κ1) is 14.3. The first-order chi connectivity index (χ1) is 8.36. The summed E-state index contributed by atoms with van der Waals surface area (Å²) in [6.07, 6.45) is -3.55. The first-order valence-electron chi connectivity index (χ1n) is 5.49. The van der Waals surface area contributed by atoms with Crippen LogP contribution in [0.1, 0.15) is 13.8 Å². The van der Waals surface area contributed by atoms with Gasteiger partial charge in [0.1, 0.15) is 5.71 Å². The van der Waals surface area contributed by atoms with E-state index in [1.807, 2.05) is 0 Å². The minimum Gasteiger partial charge on any atom is -0.404 e. The smallest absolute Gasteiger partial charge is 0.404 e. The van der Waals surface area contributed by atoms with E-state index in [-0.39, 0.29) is 17.2 Å². The Morgan fingerprint density at radius 2 is 1.78 bits per heavy atom. The number of rotatable bonds is 3. The Bertz CT molecular complexity index is 445. The van der Waals surface area contributed by atoms with Crippen molar-refractivity contribution in [1.82, 2.24) is 0 Å². The zero-order valence-corrected chi connectivity index (χ0v) is 10.2. The lowest BCUT2D eigenvalue weighted by Crippen LogP contribution is -2.27. The zero-order valence-electron chi connectivity index (χ0n) is 10.2. The van der Waals surface area contributed by atoms with Crippen LogP contribution in [0.25, 0.3) is 0 Å². The van der Waals surface area contributed by atoms with E-state index >= 15 is 0 Å². The predicted molar refractivity (Wildman–Crippen MR) is 66.7 cm³/mol. The van der Waals surface area contributed by atoms with Gasteiger partial charge in [-0.15, -0.1) is 0 Å². The Morgan fingerprint density at radius 3 is 2.17 bits per heavy atom. The fourth-order valence-electron chi connectivity index (χ4n) is 1.47. The van der Waals surface area contributed by atoms with Crippen LogP contribution >= 0.6 is 0 Å². The molecule has 0 unspecified atom stereocenters. The zero-order chi connectivity index (χ0) is 13.8. The average Bonchev–Trinajstić information content (AvgIpc) is 2.28. The lowest BCUT2D eigenvalue weighted by Gasteiger charge is -2.16. The van der Waals surface area contributed by atoms with Gasteiger partial charge in [-0.05, 0) is 24.3 Å². The summed E-state index contributed by atoms with van der Waals surface area (Å²) in [5.41, 5.74) is 4.59. The summed E-state index contributed by atoms with van der Waals surface area (Å²) in [5, 5.41) is 0. The number of hydrogen-bond acceptors (Lipinski definition) is 2.